The van der Waals surface area contributed by atoms with Crippen molar-refractivity contribution in [3.05, 3.63) is 64.4 Å². The number of hydrogen-bond acceptors (Lipinski definition) is 3. The minimum absolute atomic E-state index is 0.495. The van der Waals surface area contributed by atoms with Crippen LogP contribution in [0.15, 0.2) is 53.2 Å². The standard InChI is InChI=1S/C17H17NOS/c18-11-16-15-4-2-1-3-14(15)5-6-17(16)19-9-7-13-8-10-20-12-13/h1-6,8,10,12H,7,9,11,18H2. The summed E-state index contributed by atoms with van der Waals surface area (Å²) >= 11 is 1.72. The summed E-state index contributed by atoms with van der Waals surface area (Å²) in [5.41, 5.74) is 8.32. The molecule has 20 heavy (non-hydrogen) atoms. The van der Waals surface area contributed by atoms with Crippen molar-refractivity contribution in [1.82, 2.24) is 0 Å². The average Bonchev–Trinajstić information content (AvgIpc) is 3.00. The first-order chi connectivity index (χ1) is 9.88. The number of benzene rings is 2. The topological polar surface area (TPSA) is 35.2 Å². The molecule has 2 nitrogen and oxygen atoms in total. The quantitative estimate of drug-likeness (QED) is 0.768. The van der Waals surface area contributed by atoms with E-state index in [-0.39, 0.29) is 0 Å². The maximum Gasteiger partial charge on any atom is 0.124 e. The number of hydrogen-bond donors (Lipinski definition) is 1. The number of fused-ring (bicyclic) bond motifs is 1. The van der Waals surface area contributed by atoms with Crippen LogP contribution in [0.1, 0.15) is 11.1 Å². The van der Waals surface area contributed by atoms with Crippen LogP contribution in [0.3, 0.4) is 0 Å². The molecule has 0 aliphatic carbocycles. The van der Waals surface area contributed by atoms with Gasteiger partial charge in [-0.3, -0.25) is 0 Å². The van der Waals surface area contributed by atoms with Gasteiger partial charge in [-0.15, -0.1) is 0 Å². The summed E-state index contributed by atoms with van der Waals surface area (Å²) < 4.78 is 5.93. The van der Waals surface area contributed by atoms with Crippen molar-refractivity contribution in [2.75, 3.05) is 6.61 Å². The summed E-state index contributed by atoms with van der Waals surface area (Å²) in [7, 11) is 0. The van der Waals surface area contributed by atoms with E-state index in [0.717, 1.165) is 17.7 Å². The third-order valence-electron chi connectivity index (χ3n) is 3.43. The van der Waals surface area contributed by atoms with Gasteiger partial charge < -0.3 is 10.5 Å². The van der Waals surface area contributed by atoms with Gasteiger partial charge >= 0.3 is 0 Å². The molecule has 1 heterocycles. The Morgan fingerprint density at radius 2 is 1.95 bits per heavy atom. The highest BCUT2D eigenvalue weighted by atomic mass is 32.1. The van der Waals surface area contributed by atoms with Crippen molar-refractivity contribution in [2.45, 2.75) is 13.0 Å². The molecular formula is C17H17NOS. The van der Waals surface area contributed by atoms with Crippen molar-refractivity contribution >= 4 is 22.1 Å². The van der Waals surface area contributed by atoms with E-state index in [1.165, 1.54) is 16.3 Å². The van der Waals surface area contributed by atoms with Gasteiger partial charge in [0.05, 0.1) is 6.61 Å². The van der Waals surface area contributed by atoms with Crippen molar-refractivity contribution in [3.8, 4) is 5.75 Å². The molecule has 0 amide bonds. The van der Waals surface area contributed by atoms with Crippen LogP contribution in [0.2, 0.25) is 0 Å². The second-order valence-corrected chi connectivity index (χ2v) is 5.48. The summed E-state index contributed by atoms with van der Waals surface area (Å²) in [6.07, 6.45) is 0.931. The lowest BCUT2D eigenvalue weighted by atomic mass is 10.0. The van der Waals surface area contributed by atoms with Gasteiger partial charge in [0.2, 0.25) is 0 Å². The first kappa shape index (κ1) is 13.2. The molecule has 2 aromatic carbocycles. The Kier molecular flexibility index (Phi) is 4.00. The van der Waals surface area contributed by atoms with E-state index in [1.807, 2.05) is 18.2 Å². The summed E-state index contributed by atoms with van der Waals surface area (Å²) in [6, 6.07) is 14.5. The fraction of sp³-hybridized carbons (Fsp3) is 0.176. The zero-order valence-corrected chi connectivity index (χ0v) is 12.0. The zero-order chi connectivity index (χ0) is 13.8. The Hall–Kier alpha value is -1.84. The lowest BCUT2D eigenvalue weighted by Gasteiger charge is -2.12. The number of thiophene rings is 1. The van der Waals surface area contributed by atoms with Crippen LogP contribution in [0, 0.1) is 0 Å². The highest BCUT2D eigenvalue weighted by molar-refractivity contribution is 7.07. The van der Waals surface area contributed by atoms with E-state index in [4.69, 9.17) is 10.5 Å². The zero-order valence-electron chi connectivity index (χ0n) is 11.2. The van der Waals surface area contributed by atoms with Gasteiger partial charge in [-0.2, -0.15) is 11.3 Å². The third-order valence-corrected chi connectivity index (χ3v) is 4.16. The molecule has 0 saturated carbocycles. The predicted molar refractivity (Wildman–Crippen MR) is 85.4 cm³/mol. The molecule has 3 heteroatoms. The van der Waals surface area contributed by atoms with E-state index in [0.29, 0.717) is 13.2 Å². The molecule has 1 aromatic heterocycles. The molecule has 3 rings (SSSR count). The smallest absolute Gasteiger partial charge is 0.124 e. The molecule has 0 saturated heterocycles. The monoisotopic (exact) mass is 283 g/mol. The maximum absolute atomic E-state index is 5.93. The summed E-state index contributed by atoms with van der Waals surface area (Å²) in [5, 5.41) is 6.64. The Bertz CT molecular complexity index is 691. The van der Waals surface area contributed by atoms with Crippen LogP contribution >= 0.6 is 11.3 Å². The minimum atomic E-state index is 0.495. The molecule has 0 spiro atoms. The SMILES string of the molecule is NCc1c(OCCc2ccsc2)ccc2ccccc12. The Morgan fingerprint density at radius 3 is 2.75 bits per heavy atom. The Labute approximate surface area is 122 Å². The normalized spacial score (nSPS) is 10.8. The average molecular weight is 283 g/mol. The van der Waals surface area contributed by atoms with Crippen molar-refractivity contribution in [1.29, 1.82) is 0 Å². The number of ether oxygens (including phenoxy) is 1. The molecule has 0 aliphatic rings. The van der Waals surface area contributed by atoms with Crippen molar-refractivity contribution in [3.63, 3.8) is 0 Å². The van der Waals surface area contributed by atoms with Crippen LogP contribution in [0.4, 0.5) is 0 Å². The van der Waals surface area contributed by atoms with Crippen LogP contribution in [-0.2, 0) is 13.0 Å². The van der Waals surface area contributed by atoms with Crippen molar-refractivity contribution in [2.24, 2.45) is 5.73 Å². The van der Waals surface area contributed by atoms with Gasteiger partial charge in [0.1, 0.15) is 5.75 Å². The lowest BCUT2D eigenvalue weighted by molar-refractivity contribution is 0.319. The molecule has 0 aliphatic heterocycles. The number of rotatable bonds is 5. The van der Waals surface area contributed by atoms with Crippen molar-refractivity contribution < 1.29 is 4.74 Å². The lowest BCUT2D eigenvalue weighted by Crippen LogP contribution is -2.06. The van der Waals surface area contributed by atoms with Gasteiger partial charge in [0.25, 0.3) is 0 Å². The molecule has 102 valence electrons. The van der Waals surface area contributed by atoms with E-state index < -0.39 is 0 Å². The largest absolute Gasteiger partial charge is 0.493 e. The molecule has 0 unspecified atom stereocenters. The maximum atomic E-state index is 5.93. The predicted octanol–water partition coefficient (Wildman–Crippen LogP) is 3.98. The fourth-order valence-electron chi connectivity index (χ4n) is 2.38. The van der Waals surface area contributed by atoms with Gasteiger partial charge in [0, 0.05) is 18.5 Å². The van der Waals surface area contributed by atoms with Crippen LogP contribution in [0.25, 0.3) is 10.8 Å². The van der Waals surface area contributed by atoms with E-state index in [2.05, 4.69) is 35.0 Å². The summed E-state index contributed by atoms with van der Waals surface area (Å²) in [5.74, 6) is 0.904. The third kappa shape index (κ3) is 2.69. The molecule has 0 fully saturated rings. The minimum Gasteiger partial charge on any atom is -0.493 e. The summed E-state index contributed by atoms with van der Waals surface area (Å²) in [6.45, 7) is 1.18. The fourth-order valence-corrected chi connectivity index (χ4v) is 3.08. The van der Waals surface area contributed by atoms with Crippen LogP contribution in [0.5, 0.6) is 5.75 Å². The molecule has 2 N–H and O–H groups in total. The Morgan fingerprint density at radius 1 is 1.05 bits per heavy atom. The van der Waals surface area contributed by atoms with Gasteiger partial charge in [-0.05, 0) is 39.2 Å². The first-order valence-electron chi connectivity index (χ1n) is 6.73. The highest BCUT2D eigenvalue weighted by Gasteiger charge is 2.07. The van der Waals surface area contributed by atoms with Gasteiger partial charge in [0.15, 0.2) is 0 Å². The second kappa shape index (κ2) is 6.07. The van der Waals surface area contributed by atoms with E-state index in [1.54, 1.807) is 11.3 Å². The number of nitrogens with two attached hydrogens (primary N) is 1. The van der Waals surface area contributed by atoms with Crippen LogP contribution < -0.4 is 10.5 Å². The van der Waals surface area contributed by atoms with E-state index >= 15 is 0 Å². The molecule has 3 aromatic rings. The van der Waals surface area contributed by atoms with Gasteiger partial charge in [-0.1, -0.05) is 30.3 Å². The molecule has 0 bridgehead atoms. The van der Waals surface area contributed by atoms with Crippen LogP contribution in [-0.4, -0.2) is 6.61 Å². The molecule has 0 atom stereocenters. The molecule has 0 radical (unpaired) electrons. The Balaban J connectivity index is 1.80. The van der Waals surface area contributed by atoms with E-state index in [9.17, 15) is 0 Å². The van der Waals surface area contributed by atoms with Gasteiger partial charge in [-0.25, -0.2) is 0 Å². The highest BCUT2D eigenvalue weighted by Crippen LogP contribution is 2.27. The molecular weight excluding hydrogens is 266 g/mol. The second-order valence-electron chi connectivity index (χ2n) is 4.70. The summed E-state index contributed by atoms with van der Waals surface area (Å²) in [4.78, 5) is 0. The first-order valence-corrected chi connectivity index (χ1v) is 7.67.